The molecule has 0 spiro atoms. The van der Waals surface area contributed by atoms with Gasteiger partial charge in [-0.3, -0.25) is 24.0 Å². The molecule has 53 heavy (non-hydrogen) atoms. The van der Waals surface area contributed by atoms with Gasteiger partial charge in [-0.1, -0.05) is 24.3 Å². The van der Waals surface area contributed by atoms with E-state index in [1.807, 2.05) is 4.72 Å². The molecule has 0 radical (unpaired) electrons. The number of alkyl halides is 2. The SMILES string of the molecule is CC(C)(C)OC(=O)N[C@H]1CCCC(F)(F)C/C=C\[C@H]2C[C@@]2(C(=O)NS(=O)(=O)C2CC2)NC(=O)[C@@H]2C[C@@H](OC(=O)N3Cc4cccc(F)c4C3)CN2C1=O. The molecule has 1 aromatic rings. The summed E-state index contributed by atoms with van der Waals surface area (Å²) in [7, 11) is -4.06. The van der Waals surface area contributed by atoms with Gasteiger partial charge in [-0.15, -0.1) is 0 Å². The smallest absolute Gasteiger partial charge is 0.410 e. The summed E-state index contributed by atoms with van der Waals surface area (Å²) in [4.78, 5) is 70.4. The molecule has 290 valence electrons. The molecule has 3 fully saturated rings. The first-order valence-electron chi connectivity index (χ1n) is 17.7. The summed E-state index contributed by atoms with van der Waals surface area (Å²) in [6, 6.07) is 1.65. The van der Waals surface area contributed by atoms with Crippen molar-refractivity contribution >= 4 is 39.9 Å². The maximum Gasteiger partial charge on any atom is 0.410 e. The van der Waals surface area contributed by atoms with Crippen LogP contribution in [0.2, 0.25) is 0 Å². The number of carbonyl (C=O) groups excluding carboxylic acids is 5. The van der Waals surface area contributed by atoms with Crippen LogP contribution < -0.4 is 15.4 Å². The normalized spacial score (nSPS) is 29.3. The molecule has 0 bridgehead atoms. The van der Waals surface area contributed by atoms with Crippen LogP contribution in [0.25, 0.3) is 0 Å². The lowest BCUT2D eigenvalue weighted by atomic mass is 10.0. The Balaban J connectivity index is 1.28. The number of carbonyl (C=O) groups is 5. The van der Waals surface area contributed by atoms with Crippen LogP contribution in [0, 0.1) is 11.7 Å². The number of benzene rings is 1. The molecule has 3 N–H and O–H groups in total. The fraction of sp³-hybridized carbons (Fsp3) is 0.629. The van der Waals surface area contributed by atoms with Crippen LogP contribution in [0.5, 0.6) is 0 Å². The number of hydrogen-bond acceptors (Lipinski definition) is 9. The summed E-state index contributed by atoms with van der Waals surface area (Å²) in [6.07, 6.45) is -1.86. The van der Waals surface area contributed by atoms with Crippen molar-refractivity contribution < 1.29 is 55.0 Å². The number of fused-ring (bicyclic) bond motifs is 3. The van der Waals surface area contributed by atoms with Crippen LogP contribution in [-0.4, -0.2) is 95.2 Å². The quantitative estimate of drug-likeness (QED) is 0.379. The highest BCUT2D eigenvalue weighted by atomic mass is 32.2. The van der Waals surface area contributed by atoms with Crippen molar-refractivity contribution in [2.45, 2.75) is 126 Å². The molecule has 0 aromatic heterocycles. The van der Waals surface area contributed by atoms with Gasteiger partial charge in [-0.2, -0.15) is 0 Å². The Bertz CT molecular complexity index is 1820. The van der Waals surface area contributed by atoms with E-state index in [9.17, 15) is 36.8 Å². The number of sulfonamides is 1. The Labute approximate surface area is 305 Å². The number of allylic oxidation sites excluding steroid dienone is 1. The van der Waals surface area contributed by atoms with Gasteiger partial charge in [0.2, 0.25) is 21.8 Å². The van der Waals surface area contributed by atoms with Gasteiger partial charge in [-0.05, 0) is 64.5 Å². The van der Waals surface area contributed by atoms with Crippen molar-refractivity contribution in [3.63, 3.8) is 0 Å². The predicted octanol–water partition coefficient (Wildman–Crippen LogP) is 3.39. The Morgan fingerprint density at radius 3 is 2.49 bits per heavy atom. The largest absolute Gasteiger partial charge is 0.444 e. The van der Waals surface area contributed by atoms with Crippen LogP contribution in [0.1, 0.15) is 83.3 Å². The third-order valence-corrected chi connectivity index (χ3v) is 11.9. The number of halogens is 3. The van der Waals surface area contributed by atoms with Crippen molar-refractivity contribution in [1.82, 2.24) is 25.2 Å². The summed E-state index contributed by atoms with van der Waals surface area (Å²) < 4.78 is 82.9. The standard InChI is InChI=1S/C35H44F3N5O9S/c1-33(2,3)52-31(47)39-26-10-6-14-34(37,38)13-5-8-21-16-35(21,30(46)41-53(49,50)23-11-12-23)40-28(44)27-15-22(18-43(27)29(26)45)51-32(48)42-17-20-7-4-9-25(36)24(20)19-42/h4-5,7-9,21-23,26-27H,6,10-19H2,1-3H3,(H,39,47)(H,40,44)(H,41,46)/b8-5-/t21-,22+,26-,27-,35+/m0/s1. The lowest BCUT2D eigenvalue weighted by Crippen LogP contribution is -2.58. The van der Waals surface area contributed by atoms with E-state index < -0.39 is 105 Å². The Kier molecular flexibility index (Phi) is 10.2. The van der Waals surface area contributed by atoms with Crippen LogP contribution in [0.15, 0.2) is 30.4 Å². The van der Waals surface area contributed by atoms with E-state index in [4.69, 9.17) is 9.47 Å². The summed E-state index contributed by atoms with van der Waals surface area (Å²) in [5.41, 5.74) is -1.87. The molecule has 1 saturated heterocycles. The van der Waals surface area contributed by atoms with Crippen molar-refractivity contribution in [2.75, 3.05) is 6.54 Å². The van der Waals surface area contributed by atoms with E-state index in [0.717, 1.165) is 4.90 Å². The molecule has 5 aliphatic rings. The molecular formula is C35H44F3N5O9S. The number of rotatable bonds is 5. The third-order valence-electron chi connectivity index (χ3n) is 10.1. The molecular weight excluding hydrogens is 723 g/mol. The van der Waals surface area contributed by atoms with Gasteiger partial charge in [0.25, 0.3) is 11.8 Å². The van der Waals surface area contributed by atoms with Crippen LogP contribution in [0.4, 0.5) is 22.8 Å². The van der Waals surface area contributed by atoms with Crippen molar-refractivity contribution in [3.8, 4) is 0 Å². The zero-order valence-electron chi connectivity index (χ0n) is 29.7. The monoisotopic (exact) mass is 767 g/mol. The second kappa shape index (κ2) is 14.1. The number of amides is 5. The fourth-order valence-electron chi connectivity index (χ4n) is 7.05. The molecule has 5 amide bonds. The number of alkyl carbamates (subject to hydrolysis) is 1. The van der Waals surface area contributed by atoms with Gasteiger partial charge >= 0.3 is 12.2 Å². The van der Waals surface area contributed by atoms with E-state index in [1.54, 1.807) is 26.8 Å². The highest BCUT2D eigenvalue weighted by Crippen LogP contribution is 2.46. The first-order valence-corrected chi connectivity index (χ1v) is 19.3. The zero-order chi connectivity index (χ0) is 38.5. The second-order valence-corrected chi connectivity index (χ2v) is 17.5. The van der Waals surface area contributed by atoms with Gasteiger partial charge in [0.15, 0.2) is 0 Å². The van der Waals surface area contributed by atoms with Crippen molar-refractivity contribution in [3.05, 3.63) is 47.3 Å². The summed E-state index contributed by atoms with van der Waals surface area (Å²) in [6.45, 7) is 4.44. The topological polar surface area (TPSA) is 181 Å². The second-order valence-electron chi connectivity index (χ2n) is 15.5. The highest BCUT2D eigenvalue weighted by Gasteiger charge is 2.62. The van der Waals surface area contributed by atoms with E-state index in [1.165, 1.54) is 29.2 Å². The van der Waals surface area contributed by atoms with Gasteiger partial charge < -0.3 is 25.0 Å². The van der Waals surface area contributed by atoms with Crippen LogP contribution in [-0.2, 0) is 47.0 Å². The summed E-state index contributed by atoms with van der Waals surface area (Å²) >= 11 is 0. The van der Waals surface area contributed by atoms with Gasteiger partial charge in [0.1, 0.15) is 35.1 Å². The minimum absolute atomic E-state index is 0.0635. The summed E-state index contributed by atoms with van der Waals surface area (Å²) in [5, 5.41) is 4.30. The Morgan fingerprint density at radius 1 is 1.08 bits per heavy atom. The molecule has 1 aromatic carbocycles. The minimum atomic E-state index is -4.06. The molecule has 2 aliphatic carbocycles. The summed E-state index contributed by atoms with van der Waals surface area (Å²) in [5.74, 6) is -7.30. The van der Waals surface area contributed by atoms with Gasteiger partial charge in [-0.25, -0.2) is 31.2 Å². The molecule has 2 saturated carbocycles. The van der Waals surface area contributed by atoms with Crippen molar-refractivity contribution in [2.24, 2.45) is 5.92 Å². The molecule has 5 atom stereocenters. The first kappa shape index (κ1) is 38.4. The van der Waals surface area contributed by atoms with Crippen molar-refractivity contribution in [1.29, 1.82) is 0 Å². The average Bonchev–Trinajstić information content (AvgIpc) is 3.93. The Morgan fingerprint density at radius 2 is 1.81 bits per heavy atom. The number of nitrogens with one attached hydrogen (secondary N) is 3. The molecule has 0 unspecified atom stereocenters. The van der Waals surface area contributed by atoms with E-state index in [2.05, 4.69) is 10.6 Å². The zero-order valence-corrected chi connectivity index (χ0v) is 30.5. The molecule has 14 nitrogen and oxygen atoms in total. The first-order chi connectivity index (χ1) is 24.8. The maximum atomic E-state index is 15.0. The lowest BCUT2D eigenvalue weighted by molar-refractivity contribution is -0.141. The van der Waals surface area contributed by atoms with Crippen LogP contribution >= 0.6 is 0 Å². The van der Waals surface area contributed by atoms with E-state index in [0.29, 0.717) is 24.0 Å². The number of hydrogen-bond donors (Lipinski definition) is 3. The molecule has 3 heterocycles. The molecule has 6 rings (SSSR count). The average molecular weight is 768 g/mol. The maximum absolute atomic E-state index is 15.0. The van der Waals surface area contributed by atoms with E-state index in [-0.39, 0.29) is 45.3 Å². The van der Waals surface area contributed by atoms with Gasteiger partial charge in [0, 0.05) is 37.3 Å². The number of nitrogens with zero attached hydrogens (tertiary/aromatic N) is 2. The molecule has 3 aliphatic heterocycles. The molecule has 18 heteroatoms. The lowest BCUT2D eigenvalue weighted by Gasteiger charge is -2.30. The van der Waals surface area contributed by atoms with Gasteiger partial charge in [0.05, 0.1) is 18.3 Å². The minimum Gasteiger partial charge on any atom is -0.444 e. The highest BCUT2D eigenvalue weighted by molar-refractivity contribution is 7.91. The number of ether oxygens (including phenoxy) is 2. The fourth-order valence-corrected chi connectivity index (χ4v) is 8.41. The third kappa shape index (κ3) is 8.73. The van der Waals surface area contributed by atoms with E-state index >= 15 is 8.78 Å². The Hall–Kier alpha value is -4.35. The predicted molar refractivity (Wildman–Crippen MR) is 181 cm³/mol. The van der Waals surface area contributed by atoms with Crippen LogP contribution in [0.3, 0.4) is 0 Å².